The number of carbonyl (C=O) groups excluding carboxylic acids is 4. The standard InChI is InChI=1S/C17H33N5O4/c1-11(16(25)21-14(12(2)23)10-15(18)24)20-17(26)13(19-3)8-6-7-9-22(4)5/h11,13-14,19H,6-10H2,1-5H3,(H2,18,24)(H,20,26)(H,21,25)/t11-,13-,14-/m0/s1. The Hall–Kier alpha value is -2.00. The van der Waals surface area contributed by atoms with Gasteiger partial charge in [-0.25, -0.2) is 0 Å². The smallest absolute Gasteiger partial charge is 0.242 e. The largest absolute Gasteiger partial charge is 0.370 e. The molecule has 0 aromatic carbocycles. The van der Waals surface area contributed by atoms with Gasteiger partial charge in [-0.3, -0.25) is 19.2 Å². The van der Waals surface area contributed by atoms with Gasteiger partial charge in [0.25, 0.3) is 0 Å². The quantitative estimate of drug-likeness (QED) is 0.299. The fourth-order valence-corrected chi connectivity index (χ4v) is 2.36. The highest BCUT2D eigenvalue weighted by Gasteiger charge is 2.25. The molecule has 0 aromatic rings. The molecule has 0 aliphatic rings. The molecule has 0 aliphatic carbocycles. The molecule has 26 heavy (non-hydrogen) atoms. The summed E-state index contributed by atoms with van der Waals surface area (Å²) in [6, 6.07) is -2.22. The maximum absolute atomic E-state index is 12.3. The summed E-state index contributed by atoms with van der Waals surface area (Å²) in [5.74, 6) is -1.88. The van der Waals surface area contributed by atoms with E-state index in [0.717, 1.165) is 19.4 Å². The molecule has 0 heterocycles. The van der Waals surface area contributed by atoms with Crippen molar-refractivity contribution in [1.82, 2.24) is 20.9 Å². The van der Waals surface area contributed by atoms with Crippen LogP contribution in [0.2, 0.25) is 0 Å². The summed E-state index contributed by atoms with van der Waals surface area (Å²) in [6.45, 7) is 3.73. The molecule has 9 nitrogen and oxygen atoms in total. The predicted octanol–water partition coefficient (Wildman–Crippen LogP) is -1.24. The highest BCUT2D eigenvalue weighted by molar-refractivity contribution is 5.94. The Kier molecular flexibility index (Phi) is 11.4. The van der Waals surface area contributed by atoms with Gasteiger partial charge in [-0.05, 0) is 54.4 Å². The maximum Gasteiger partial charge on any atom is 0.242 e. The van der Waals surface area contributed by atoms with Crippen molar-refractivity contribution in [2.75, 3.05) is 27.7 Å². The van der Waals surface area contributed by atoms with E-state index in [1.54, 1.807) is 7.05 Å². The van der Waals surface area contributed by atoms with Gasteiger partial charge >= 0.3 is 0 Å². The zero-order valence-electron chi connectivity index (χ0n) is 16.4. The molecular weight excluding hydrogens is 338 g/mol. The minimum absolute atomic E-state index is 0.271. The lowest BCUT2D eigenvalue weighted by atomic mass is 10.1. The summed E-state index contributed by atoms with van der Waals surface area (Å²) in [7, 11) is 5.68. The Morgan fingerprint density at radius 1 is 1.00 bits per heavy atom. The Morgan fingerprint density at radius 3 is 2.08 bits per heavy atom. The van der Waals surface area contributed by atoms with Crippen LogP contribution in [-0.4, -0.2) is 74.2 Å². The van der Waals surface area contributed by atoms with Crippen molar-refractivity contribution in [2.24, 2.45) is 5.73 Å². The molecule has 3 atom stereocenters. The third-order valence-electron chi connectivity index (χ3n) is 3.98. The molecule has 150 valence electrons. The van der Waals surface area contributed by atoms with Crippen LogP contribution in [0.15, 0.2) is 0 Å². The predicted molar refractivity (Wildman–Crippen MR) is 99.3 cm³/mol. The molecular formula is C17H33N5O4. The lowest BCUT2D eigenvalue weighted by Crippen LogP contribution is -2.54. The minimum atomic E-state index is -0.981. The average molecular weight is 371 g/mol. The van der Waals surface area contributed by atoms with E-state index < -0.39 is 29.9 Å². The Bertz CT molecular complexity index is 496. The van der Waals surface area contributed by atoms with E-state index in [4.69, 9.17) is 5.73 Å². The first-order valence-electron chi connectivity index (χ1n) is 8.80. The van der Waals surface area contributed by atoms with Gasteiger partial charge in [0.05, 0.1) is 18.5 Å². The second kappa shape index (κ2) is 12.4. The molecule has 0 aliphatic heterocycles. The summed E-state index contributed by atoms with van der Waals surface area (Å²) >= 11 is 0. The van der Waals surface area contributed by atoms with Crippen molar-refractivity contribution in [1.29, 1.82) is 0 Å². The number of carbonyl (C=O) groups is 4. The molecule has 0 aromatic heterocycles. The van der Waals surface area contributed by atoms with Crippen molar-refractivity contribution in [2.45, 2.75) is 57.7 Å². The van der Waals surface area contributed by atoms with Gasteiger partial charge in [0, 0.05) is 0 Å². The first-order chi connectivity index (χ1) is 12.1. The van der Waals surface area contributed by atoms with Crippen LogP contribution in [0.4, 0.5) is 0 Å². The van der Waals surface area contributed by atoms with E-state index in [2.05, 4.69) is 20.9 Å². The van der Waals surface area contributed by atoms with Crippen LogP contribution in [0.5, 0.6) is 0 Å². The van der Waals surface area contributed by atoms with Crippen molar-refractivity contribution in [3.05, 3.63) is 0 Å². The number of nitrogens with two attached hydrogens (primary N) is 1. The van der Waals surface area contributed by atoms with Gasteiger partial charge < -0.3 is 26.6 Å². The zero-order valence-corrected chi connectivity index (χ0v) is 16.4. The summed E-state index contributed by atoms with van der Waals surface area (Å²) in [5.41, 5.74) is 5.07. The fraction of sp³-hybridized carbons (Fsp3) is 0.765. The number of hydrogen-bond acceptors (Lipinski definition) is 6. The summed E-state index contributed by atoms with van der Waals surface area (Å²) in [5, 5.41) is 8.02. The molecule has 3 amide bonds. The number of amides is 3. The van der Waals surface area contributed by atoms with E-state index in [1.807, 2.05) is 14.1 Å². The van der Waals surface area contributed by atoms with Gasteiger partial charge in [0.2, 0.25) is 17.7 Å². The first-order valence-corrected chi connectivity index (χ1v) is 8.80. The first kappa shape index (κ1) is 24.0. The Balaban J connectivity index is 4.53. The number of hydrogen-bond donors (Lipinski definition) is 4. The molecule has 0 radical (unpaired) electrons. The SMILES string of the molecule is CN[C@@H](CCCCN(C)C)C(=O)N[C@@H](C)C(=O)N[C@@H](CC(N)=O)C(C)=O. The van der Waals surface area contributed by atoms with E-state index in [0.29, 0.717) is 6.42 Å². The van der Waals surface area contributed by atoms with E-state index in [1.165, 1.54) is 13.8 Å². The minimum Gasteiger partial charge on any atom is -0.370 e. The van der Waals surface area contributed by atoms with Crippen LogP contribution in [0.3, 0.4) is 0 Å². The molecule has 9 heteroatoms. The van der Waals surface area contributed by atoms with Gasteiger partial charge in [-0.2, -0.15) is 0 Å². The van der Waals surface area contributed by atoms with Crippen molar-refractivity contribution < 1.29 is 19.2 Å². The average Bonchev–Trinajstić information content (AvgIpc) is 2.53. The Morgan fingerprint density at radius 2 is 1.62 bits per heavy atom. The molecule has 5 N–H and O–H groups in total. The van der Waals surface area contributed by atoms with Gasteiger partial charge in [-0.1, -0.05) is 6.42 Å². The van der Waals surface area contributed by atoms with Gasteiger partial charge in [0.15, 0.2) is 5.78 Å². The fourth-order valence-electron chi connectivity index (χ4n) is 2.36. The number of nitrogens with one attached hydrogen (secondary N) is 3. The molecule has 0 spiro atoms. The van der Waals surface area contributed by atoms with Gasteiger partial charge in [0.1, 0.15) is 6.04 Å². The third kappa shape index (κ3) is 10.1. The number of likely N-dealkylation sites (N-methyl/N-ethyl adjacent to an activating group) is 1. The number of unbranched alkanes of at least 4 members (excludes halogenated alkanes) is 1. The van der Waals surface area contributed by atoms with Crippen molar-refractivity contribution in [3.8, 4) is 0 Å². The molecule has 0 saturated heterocycles. The van der Waals surface area contributed by atoms with Crippen LogP contribution in [0.1, 0.15) is 39.5 Å². The molecule has 0 unspecified atom stereocenters. The van der Waals surface area contributed by atoms with Crippen molar-refractivity contribution >= 4 is 23.5 Å². The number of nitrogens with zero attached hydrogens (tertiary/aromatic N) is 1. The zero-order chi connectivity index (χ0) is 20.3. The summed E-state index contributed by atoms with van der Waals surface area (Å²) in [4.78, 5) is 49.0. The lowest BCUT2D eigenvalue weighted by molar-refractivity contribution is -0.132. The lowest BCUT2D eigenvalue weighted by Gasteiger charge is -2.22. The normalized spacial score (nSPS) is 14.4. The molecule has 0 fully saturated rings. The van der Waals surface area contributed by atoms with Crippen LogP contribution in [0, 0.1) is 0 Å². The topological polar surface area (TPSA) is 134 Å². The molecule has 0 rings (SSSR count). The van der Waals surface area contributed by atoms with E-state index in [-0.39, 0.29) is 18.1 Å². The number of ketones is 1. The summed E-state index contributed by atoms with van der Waals surface area (Å²) in [6.07, 6.45) is 2.24. The third-order valence-corrected chi connectivity index (χ3v) is 3.98. The van der Waals surface area contributed by atoms with Gasteiger partial charge in [-0.15, -0.1) is 0 Å². The number of primary amides is 1. The highest BCUT2D eigenvalue weighted by Crippen LogP contribution is 2.03. The van der Waals surface area contributed by atoms with E-state index in [9.17, 15) is 19.2 Å². The van der Waals surface area contributed by atoms with Crippen LogP contribution < -0.4 is 21.7 Å². The maximum atomic E-state index is 12.3. The van der Waals surface area contributed by atoms with Crippen LogP contribution in [-0.2, 0) is 19.2 Å². The van der Waals surface area contributed by atoms with Crippen LogP contribution in [0.25, 0.3) is 0 Å². The second-order valence-corrected chi connectivity index (χ2v) is 6.71. The second-order valence-electron chi connectivity index (χ2n) is 6.71. The molecule has 0 saturated carbocycles. The molecule has 0 bridgehead atoms. The highest BCUT2D eigenvalue weighted by atomic mass is 16.2. The Labute approximate surface area is 155 Å². The number of Topliss-reactive ketones (excluding diaryl/α,β-unsaturated/α-hetero) is 1. The van der Waals surface area contributed by atoms with E-state index >= 15 is 0 Å². The van der Waals surface area contributed by atoms with Crippen molar-refractivity contribution in [3.63, 3.8) is 0 Å². The van der Waals surface area contributed by atoms with Crippen LogP contribution >= 0.6 is 0 Å². The number of rotatable bonds is 13. The monoisotopic (exact) mass is 371 g/mol. The summed E-state index contributed by atoms with van der Waals surface area (Å²) < 4.78 is 0.